The van der Waals surface area contributed by atoms with Crippen LogP contribution < -0.4 is 5.11 Å². The van der Waals surface area contributed by atoms with Crippen LogP contribution >= 0.6 is 0 Å². The van der Waals surface area contributed by atoms with Crippen LogP contribution in [0.1, 0.15) is 33.3 Å². The molecule has 1 radical (unpaired) electrons. The first-order valence-corrected chi connectivity index (χ1v) is 5.61. The van der Waals surface area contributed by atoms with Crippen LogP contribution in [0.4, 0.5) is 0 Å². The molecule has 1 heterocycles. The average molecular weight is 232 g/mol. The van der Waals surface area contributed by atoms with Crippen LogP contribution in [-0.4, -0.2) is 22.0 Å². The summed E-state index contributed by atoms with van der Waals surface area (Å²) in [5.41, 5.74) is -0.780. The molecule has 0 aliphatic carbocycles. The van der Waals surface area contributed by atoms with E-state index in [2.05, 4.69) is 4.99 Å². The summed E-state index contributed by atoms with van der Waals surface area (Å²) in [5, 5.41) is 24.8. The lowest BCUT2D eigenvalue weighted by Gasteiger charge is -2.35. The van der Waals surface area contributed by atoms with Crippen molar-refractivity contribution in [1.82, 2.24) is 5.06 Å². The predicted molar refractivity (Wildman–Crippen MR) is 63.1 cm³/mol. The molecule has 0 unspecified atom stereocenters. The molecule has 4 nitrogen and oxygen atoms in total. The SMILES string of the molecule is CC1(C)N=C(c2ccccc2[O-])N([O])C1(C)C. The third-order valence-corrected chi connectivity index (χ3v) is 3.71. The van der Waals surface area contributed by atoms with Crippen LogP contribution in [0, 0.1) is 0 Å². The van der Waals surface area contributed by atoms with E-state index in [0.29, 0.717) is 5.56 Å². The summed E-state index contributed by atoms with van der Waals surface area (Å²) in [6, 6.07) is 6.49. The molecule has 0 aromatic heterocycles. The Labute approximate surface area is 101 Å². The quantitative estimate of drug-likeness (QED) is 0.740. The number of aliphatic imine (C=N–C) groups is 1. The lowest BCUT2D eigenvalue weighted by molar-refractivity contribution is -0.268. The highest BCUT2D eigenvalue weighted by Crippen LogP contribution is 2.38. The summed E-state index contributed by atoms with van der Waals surface area (Å²) in [6.07, 6.45) is 0. The van der Waals surface area contributed by atoms with Crippen LogP contribution in [0.5, 0.6) is 5.75 Å². The molecule has 1 aromatic carbocycles. The number of rotatable bonds is 1. The maximum atomic E-state index is 12.2. The van der Waals surface area contributed by atoms with E-state index in [1.54, 1.807) is 18.2 Å². The van der Waals surface area contributed by atoms with Gasteiger partial charge in [0.2, 0.25) is 0 Å². The fraction of sp³-hybridized carbons (Fsp3) is 0.462. The van der Waals surface area contributed by atoms with Crippen LogP contribution in [0.2, 0.25) is 0 Å². The molecule has 1 aromatic rings. The van der Waals surface area contributed by atoms with Crippen LogP contribution in [0.15, 0.2) is 29.3 Å². The van der Waals surface area contributed by atoms with Gasteiger partial charge in [-0.2, -0.15) is 5.06 Å². The van der Waals surface area contributed by atoms with Crippen molar-refractivity contribution in [2.45, 2.75) is 38.8 Å². The Bertz CT molecular complexity index is 478. The zero-order valence-electron chi connectivity index (χ0n) is 10.5. The molecule has 91 valence electrons. The Balaban J connectivity index is 2.53. The number of hydrogen-bond acceptors (Lipinski definition) is 3. The Hall–Kier alpha value is -1.55. The molecular formula is C13H16N2O2-. The van der Waals surface area contributed by atoms with Gasteiger partial charge >= 0.3 is 0 Å². The van der Waals surface area contributed by atoms with Crippen molar-refractivity contribution in [3.8, 4) is 5.75 Å². The summed E-state index contributed by atoms with van der Waals surface area (Å²) in [6.45, 7) is 7.48. The molecule has 0 bridgehead atoms. The molecule has 17 heavy (non-hydrogen) atoms. The molecule has 0 N–H and O–H groups in total. The van der Waals surface area contributed by atoms with Crippen molar-refractivity contribution in [1.29, 1.82) is 0 Å². The van der Waals surface area contributed by atoms with Gasteiger partial charge in [-0.05, 0) is 27.7 Å². The van der Waals surface area contributed by atoms with Gasteiger partial charge < -0.3 is 5.11 Å². The van der Waals surface area contributed by atoms with Crippen molar-refractivity contribution in [2.75, 3.05) is 0 Å². The van der Waals surface area contributed by atoms with Crippen LogP contribution in [0.3, 0.4) is 0 Å². The van der Waals surface area contributed by atoms with Gasteiger partial charge in [-0.25, -0.2) is 0 Å². The number of para-hydroxylation sites is 1. The molecule has 2 rings (SSSR count). The van der Waals surface area contributed by atoms with Crippen LogP contribution in [0.25, 0.3) is 0 Å². The molecule has 0 fully saturated rings. The minimum atomic E-state index is -0.648. The largest absolute Gasteiger partial charge is 0.872 e. The fourth-order valence-corrected chi connectivity index (χ4v) is 1.78. The van der Waals surface area contributed by atoms with E-state index in [4.69, 9.17) is 0 Å². The lowest BCUT2D eigenvalue weighted by atomic mass is 9.84. The van der Waals surface area contributed by atoms with Crippen molar-refractivity contribution in [2.24, 2.45) is 4.99 Å². The number of benzene rings is 1. The first-order valence-electron chi connectivity index (χ1n) is 5.61. The molecule has 4 heteroatoms. The second-order valence-electron chi connectivity index (χ2n) is 5.34. The summed E-state index contributed by atoms with van der Waals surface area (Å²) >= 11 is 0. The highest BCUT2D eigenvalue weighted by atomic mass is 16.5. The smallest absolute Gasteiger partial charge is 0.158 e. The van der Waals surface area contributed by atoms with Gasteiger partial charge in [0.15, 0.2) is 5.84 Å². The molecule has 0 amide bonds. The minimum Gasteiger partial charge on any atom is -0.872 e. The van der Waals surface area contributed by atoms with Gasteiger partial charge in [0.05, 0.1) is 11.1 Å². The molecule has 0 spiro atoms. The Morgan fingerprint density at radius 2 is 1.76 bits per heavy atom. The third-order valence-electron chi connectivity index (χ3n) is 3.71. The van der Waals surface area contributed by atoms with Gasteiger partial charge in [-0.3, -0.25) is 4.99 Å². The number of nitrogens with zero attached hydrogens (tertiary/aromatic N) is 2. The number of amidine groups is 1. The van der Waals surface area contributed by atoms with Crippen LogP contribution in [-0.2, 0) is 5.21 Å². The van der Waals surface area contributed by atoms with E-state index in [-0.39, 0.29) is 11.6 Å². The molecule has 0 saturated heterocycles. The molecule has 0 saturated carbocycles. The van der Waals surface area contributed by atoms with Gasteiger partial charge in [-0.15, -0.1) is 0 Å². The highest BCUT2D eigenvalue weighted by Gasteiger charge is 2.50. The zero-order valence-corrected chi connectivity index (χ0v) is 10.5. The molecular weight excluding hydrogens is 216 g/mol. The predicted octanol–water partition coefficient (Wildman–Crippen LogP) is 1.73. The lowest BCUT2D eigenvalue weighted by Crippen LogP contribution is -2.50. The summed E-state index contributed by atoms with van der Waals surface area (Å²) in [7, 11) is 0. The Morgan fingerprint density at radius 1 is 1.18 bits per heavy atom. The second-order valence-corrected chi connectivity index (χ2v) is 5.34. The maximum Gasteiger partial charge on any atom is 0.158 e. The van der Waals surface area contributed by atoms with E-state index in [9.17, 15) is 10.3 Å². The molecule has 1 aliphatic rings. The van der Waals surface area contributed by atoms with E-state index < -0.39 is 11.1 Å². The van der Waals surface area contributed by atoms with E-state index in [1.165, 1.54) is 6.07 Å². The van der Waals surface area contributed by atoms with E-state index in [0.717, 1.165) is 5.06 Å². The Morgan fingerprint density at radius 3 is 2.24 bits per heavy atom. The second kappa shape index (κ2) is 3.47. The fourth-order valence-electron chi connectivity index (χ4n) is 1.78. The topological polar surface area (TPSA) is 58.6 Å². The monoisotopic (exact) mass is 232 g/mol. The van der Waals surface area contributed by atoms with Gasteiger partial charge in [-0.1, -0.05) is 35.2 Å². The molecule has 1 aliphatic heterocycles. The van der Waals surface area contributed by atoms with Crippen molar-refractivity contribution >= 4 is 5.84 Å². The molecule has 0 atom stereocenters. The highest BCUT2D eigenvalue weighted by molar-refractivity contribution is 6.02. The van der Waals surface area contributed by atoms with Gasteiger partial charge in [0, 0.05) is 5.56 Å². The summed E-state index contributed by atoms with van der Waals surface area (Å²) < 4.78 is 0. The van der Waals surface area contributed by atoms with E-state index >= 15 is 0 Å². The summed E-state index contributed by atoms with van der Waals surface area (Å²) in [5.74, 6) is 0.0752. The normalized spacial score (nSPS) is 21.5. The van der Waals surface area contributed by atoms with Crippen molar-refractivity contribution in [3.05, 3.63) is 29.8 Å². The minimum absolute atomic E-state index is 0.166. The van der Waals surface area contributed by atoms with Gasteiger partial charge in [0.25, 0.3) is 0 Å². The average Bonchev–Trinajstić information content (AvgIpc) is 2.40. The zero-order chi connectivity index (χ0) is 12.8. The van der Waals surface area contributed by atoms with Crippen molar-refractivity contribution < 1.29 is 10.3 Å². The number of hydroxylamine groups is 2. The maximum absolute atomic E-state index is 12.2. The third kappa shape index (κ3) is 1.60. The number of hydrogen-bond donors (Lipinski definition) is 0. The Kier molecular flexibility index (Phi) is 2.43. The van der Waals surface area contributed by atoms with Crippen molar-refractivity contribution in [3.63, 3.8) is 0 Å². The van der Waals surface area contributed by atoms with Gasteiger partial charge in [0.1, 0.15) is 0 Å². The summed E-state index contributed by atoms with van der Waals surface area (Å²) in [4.78, 5) is 4.42. The van der Waals surface area contributed by atoms with E-state index in [1.807, 2.05) is 27.7 Å². The standard InChI is InChI=1S/C13H17N2O2/c1-12(2)13(3,4)15(17)11(14-12)9-7-5-6-8-10(9)16/h5-8,16H,1-4H3/p-1. The first-order chi connectivity index (χ1) is 7.77. The first kappa shape index (κ1) is 11.9.